The molecule has 0 radical (unpaired) electrons. The first-order valence-corrected chi connectivity index (χ1v) is 5.49. The molecule has 2 nitrogen and oxygen atoms in total. The number of hydrogen-bond donors (Lipinski definition) is 1. The molecular formula is C10H18F2N2. The number of hydrogen-bond acceptors (Lipinski definition) is 2. The summed E-state index contributed by atoms with van der Waals surface area (Å²) >= 11 is 0. The smallest absolute Gasteiger partial charge is 0.250 e. The number of nitrogens with one attached hydrogen (secondary N) is 1. The van der Waals surface area contributed by atoms with Gasteiger partial charge in [0.25, 0.3) is 5.92 Å². The van der Waals surface area contributed by atoms with Crippen LogP contribution in [-0.2, 0) is 0 Å². The Morgan fingerprint density at radius 2 is 2.00 bits per heavy atom. The summed E-state index contributed by atoms with van der Waals surface area (Å²) in [5.74, 6) is -2.40. The molecular weight excluding hydrogens is 186 g/mol. The summed E-state index contributed by atoms with van der Waals surface area (Å²) in [5, 5.41) is 3.40. The lowest BCUT2D eigenvalue weighted by Gasteiger charge is -2.33. The van der Waals surface area contributed by atoms with E-state index >= 15 is 0 Å². The van der Waals surface area contributed by atoms with Gasteiger partial charge in [-0.3, -0.25) is 0 Å². The summed E-state index contributed by atoms with van der Waals surface area (Å²) in [6.45, 7) is 3.17. The zero-order valence-electron chi connectivity index (χ0n) is 8.44. The highest BCUT2D eigenvalue weighted by Crippen LogP contribution is 2.27. The van der Waals surface area contributed by atoms with Gasteiger partial charge in [-0.1, -0.05) is 0 Å². The fourth-order valence-electron chi connectivity index (χ4n) is 2.29. The minimum Gasteiger partial charge on any atom is -0.313 e. The van der Waals surface area contributed by atoms with Gasteiger partial charge in [-0.2, -0.15) is 0 Å². The molecule has 0 aromatic carbocycles. The molecule has 2 aliphatic heterocycles. The Balaban J connectivity index is 1.72. The Labute approximate surface area is 83.7 Å². The molecule has 0 aromatic heterocycles. The van der Waals surface area contributed by atoms with E-state index in [1.807, 2.05) is 0 Å². The van der Waals surface area contributed by atoms with Crippen LogP contribution in [-0.4, -0.2) is 43.0 Å². The summed E-state index contributed by atoms with van der Waals surface area (Å²) in [5.41, 5.74) is 0. The van der Waals surface area contributed by atoms with Crippen molar-refractivity contribution >= 4 is 0 Å². The van der Waals surface area contributed by atoms with Gasteiger partial charge in [0, 0.05) is 38.5 Å². The molecule has 1 atom stereocenters. The molecule has 0 saturated carbocycles. The average molecular weight is 204 g/mol. The number of alkyl halides is 2. The van der Waals surface area contributed by atoms with E-state index in [4.69, 9.17) is 0 Å². The largest absolute Gasteiger partial charge is 0.313 e. The van der Waals surface area contributed by atoms with Gasteiger partial charge in [0.2, 0.25) is 0 Å². The van der Waals surface area contributed by atoms with Crippen molar-refractivity contribution in [2.75, 3.05) is 26.2 Å². The van der Waals surface area contributed by atoms with Crippen LogP contribution in [0.1, 0.15) is 25.7 Å². The third-order valence-electron chi connectivity index (χ3n) is 3.23. The van der Waals surface area contributed by atoms with Crippen LogP contribution in [0.3, 0.4) is 0 Å². The normalized spacial score (nSPS) is 33.4. The Bertz CT molecular complexity index is 181. The highest BCUT2D eigenvalue weighted by atomic mass is 19.3. The van der Waals surface area contributed by atoms with Crippen molar-refractivity contribution in [3.05, 3.63) is 0 Å². The van der Waals surface area contributed by atoms with E-state index in [9.17, 15) is 8.78 Å². The van der Waals surface area contributed by atoms with E-state index in [2.05, 4.69) is 10.2 Å². The van der Waals surface area contributed by atoms with Gasteiger partial charge < -0.3 is 10.2 Å². The lowest BCUT2D eigenvalue weighted by Crippen LogP contribution is -2.44. The van der Waals surface area contributed by atoms with Crippen LogP contribution >= 0.6 is 0 Å². The maximum Gasteiger partial charge on any atom is 0.250 e. The van der Waals surface area contributed by atoms with Gasteiger partial charge in [-0.25, -0.2) is 8.78 Å². The van der Waals surface area contributed by atoms with Crippen molar-refractivity contribution in [3.8, 4) is 0 Å². The molecule has 82 valence electrons. The van der Waals surface area contributed by atoms with Crippen molar-refractivity contribution in [1.82, 2.24) is 10.2 Å². The summed E-state index contributed by atoms with van der Waals surface area (Å²) in [6.07, 6.45) is 2.51. The standard InChI is InChI=1S/C10H18F2N2/c11-10(12)3-6-14(7-4-10)8-9-2-1-5-13-9/h9,13H,1-8H2/t9-/m0/s1. The van der Waals surface area contributed by atoms with Crippen LogP contribution in [0.25, 0.3) is 0 Å². The van der Waals surface area contributed by atoms with E-state index in [-0.39, 0.29) is 12.8 Å². The van der Waals surface area contributed by atoms with Gasteiger partial charge in [0.05, 0.1) is 0 Å². The molecule has 0 spiro atoms. The highest BCUT2D eigenvalue weighted by molar-refractivity contribution is 4.82. The van der Waals surface area contributed by atoms with E-state index in [0.29, 0.717) is 19.1 Å². The predicted octanol–water partition coefficient (Wildman–Crippen LogP) is 1.47. The van der Waals surface area contributed by atoms with Gasteiger partial charge in [-0.05, 0) is 19.4 Å². The fraction of sp³-hybridized carbons (Fsp3) is 1.00. The first kappa shape index (κ1) is 10.3. The second-order valence-corrected chi connectivity index (χ2v) is 4.45. The number of piperidine rings is 1. The molecule has 2 aliphatic rings. The van der Waals surface area contributed by atoms with E-state index in [1.54, 1.807) is 0 Å². The van der Waals surface area contributed by atoms with Crippen LogP contribution in [0.4, 0.5) is 8.78 Å². The van der Waals surface area contributed by atoms with Gasteiger partial charge in [0.15, 0.2) is 0 Å². The quantitative estimate of drug-likeness (QED) is 0.732. The average Bonchev–Trinajstić information content (AvgIpc) is 2.61. The van der Waals surface area contributed by atoms with Crippen molar-refractivity contribution in [3.63, 3.8) is 0 Å². The molecule has 0 bridgehead atoms. The topological polar surface area (TPSA) is 15.3 Å². The van der Waals surface area contributed by atoms with Crippen molar-refractivity contribution in [1.29, 1.82) is 0 Å². The second-order valence-electron chi connectivity index (χ2n) is 4.45. The van der Waals surface area contributed by atoms with Crippen LogP contribution < -0.4 is 5.32 Å². The zero-order valence-corrected chi connectivity index (χ0v) is 8.44. The van der Waals surface area contributed by atoms with Crippen molar-refractivity contribution < 1.29 is 8.78 Å². The van der Waals surface area contributed by atoms with E-state index in [0.717, 1.165) is 13.1 Å². The second kappa shape index (κ2) is 4.11. The van der Waals surface area contributed by atoms with Crippen LogP contribution in [0.2, 0.25) is 0 Å². The third-order valence-corrected chi connectivity index (χ3v) is 3.23. The third kappa shape index (κ3) is 2.64. The number of rotatable bonds is 2. The lowest BCUT2D eigenvalue weighted by molar-refractivity contribution is -0.0560. The Morgan fingerprint density at radius 3 is 2.57 bits per heavy atom. The molecule has 1 N–H and O–H groups in total. The maximum atomic E-state index is 12.8. The number of nitrogens with zero attached hydrogens (tertiary/aromatic N) is 1. The molecule has 0 amide bonds. The Hall–Kier alpha value is -0.220. The lowest BCUT2D eigenvalue weighted by atomic mass is 10.1. The summed E-state index contributed by atoms with van der Waals surface area (Å²) in [7, 11) is 0. The minimum atomic E-state index is -2.40. The van der Waals surface area contributed by atoms with Crippen LogP contribution in [0.15, 0.2) is 0 Å². The fourth-order valence-corrected chi connectivity index (χ4v) is 2.29. The van der Waals surface area contributed by atoms with Crippen LogP contribution in [0, 0.1) is 0 Å². The molecule has 0 aromatic rings. The number of halogens is 2. The summed E-state index contributed by atoms with van der Waals surface area (Å²) in [6, 6.07) is 0.543. The highest BCUT2D eigenvalue weighted by Gasteiger charge is 2.34. The molecule has 2 saturated heterocycles. The molecule has 4 heteroatoms. The molecule has 2 heterocycles. The SMILES string of the molecule is FC1(F)CCN(C[C@@H]2CCCN2)CC1. The molecule has 2 rings (SSSR count). The predicted molar refractivity (Wildman–Crippen MR) is 51.6 cm³/mol. The first-order valence-electron chi connectivity index (χ1n) is 5.49. The molecule has 0 unspecified atom stereocenters. The summed E-state index contributed by atoms with van der Waals surface area (Å²) < 4.78 is 25.7. The minimum absolute atomic E-state index is 0.0414. The number of likely N-dealkylation sites (tertiary alicyclic amines) is 1. The molecule has 2 fully saturated rings. The van der Waals surface area contributed by atoms with Crippen molar-refractivity contribution in [2.45, 2.75) is 37.6 Å². The van der Waals surface area contributed by atoms with Crippen molar-refractivity contribution in [2.24, 2.45) is 0 Å². The zero-order chi connectivity index (χ0) is 10.0. The first-order chi connectivity index (χ1) is 6.66. The maximum absolute atomic E-state index is 12.8. The van der Waals surface area contributed by atoms with E-state index < -0.39 is 5.92 Å². The Morgan fingerprint density at radius 1 is 1.29 bits per heavy atom. The monoisotopic (exact) mass is 204 g/mol. The molecule has 0 aliphatic carbocycles. The van der Waals surface area contributed by atoms with Gasteiger partial charge >= 0.3 is 0 Å². The molecule has 14 heavy (non-hydrogen) atoms. The summed E-state index contributed by atoms with van der Waals surface area (Å²) in [4.78, 5) is 2.17. The van der Waals surface area contributed by atoms with Gasteiger partial charge in [-0.15, -0.1) is 0 Å². The van der Waals surface area contributed by atoms with Crippen LogP contribution in [0.5, 0.6) is 0 Å². The Kier molecular flexibility index (Phi) is 3.02. The van der Waals surface area contributed by atoms with E-state index in [1.165, 1.54) is 12.8 Å². The van der Waals surface area contributed by atoms with Gasteiger partial charge in [0.1, 0.15) is 0 Å².